The van der Waals surface area contributed by atoms with Gasteiger partial charge in [0.2, 0.25) is 0 Å². The molecule has 0 unspecified atom stereocenters. The van der Waals surface area contributed by atoms with Gasteiger partial charge in [-0.05, 0) is 19.3 Å². The highest BCUT2D eigenvalue weighted by Crippen LogP contribution is 2.41. The van der Waals surface area contributed by atoms with Crippen LogP contribution < -0.4 is 4.90 Å². The smallest absolute Gasteiger partial charge is 0.187 e. The zero-order valence-electron chi connectivity index (χ0n) is 7.91. The van der Waals surface area contributed by atoms with E-state index in [1.54, 1.807) is 0 Å². The summed E-state index contributed by atoms with van der Waals surface area (Å²) in [6, 6.07) is 0. The van der Waals surface area contributed by atoms with Gasteiger partial charge in [0.15, 0.2) is 11.6 Å². The second-order valence-corrected chi connectivity index (χ2v) is 4.01. The quantitative estimate of drug-likeness (QED) is 0.715. The molecule has 0 aromatic carbocycles. The number of aromatic nitrogens is 2. The number of halogens is 1. The minimum atomic E-state index is -0.185. The Labute approximate surface area is 82.0 Å². The van der Waals surface area contributed by atoms with Crippen LogP contribution in [0.4, 0.5) is 10.2 Å². The average Bonchev–Trinajstić information content (AvgIpc) is 2.88. The van der Waals surface area contributed by atoms with Gasteiger partial charge < -0.3 is 4.90 Å². The Morgan fingerprint density at radius 1 is 1.29 bits per heavy atom. The van der Waals surface area contributed by atoms with E-state index in [9.17, 15) is 4.39 Å². The van der Waals surface area contributed by atoms with Crippen molar-refractivity contribution in [2.45, 2.75) is 25.2 Å². The molecule has 0 N–H and O–H groups in total. The number of hydrogen-bond acceptors (Lipinski definition) is 3. The Morgan fingerprint density at radius 2 is 2.07 bits per heavy atom. The third-order valence-corrected chi connectivity index (χ3v) is 2.92. The summed E-state index contributed by atoms with van der Waals surface area (Å²) in [7, 11) is 0. The molecule has 0 spiro atoms. The van der Waals surface area contributed by atoms with Gasteiger partial charge in [0.05, 0.1) is 5.69 Å². The van der Waals surface area contributed by atoms with E-state index in [1.165, 1.54) is 6.33 Å². The Morgan fingerprint density at radius 3 is 2.64 bits per heavy atom. The van der Waals surface area contributed by atoms with E-state index >= 15 is 0 Å². The van der Waals surface area contributed by atoms with E-state index in [-0.39, 0.29) is 5.82 Å². The second kappa shape index (κ2) is 2.90. The number of hydrogen-bond donors (Lipinski definition) is 0. The van der Waals surface area contributed by atoms with E-state index in [1.807, 2.05) is 4.90 Å². The molecular weight excluding hydrogens is 181 g/mol. The van der Waals surface area contributed by atoms with E-state index in [2.05, 4.69) is 9.97 Å². The van der Waals surface area contributed by atoms with Crippen LogP contribution >= 0.6 is 0 Å². The topological polar surface area (TPSA) is 29.0 Å². The van der Waals surface area contributed by atoms with Crippen LogP contribution in [0, 0.1) is 5.82 Å². The highest BCUT2D eigenvalue weighted by Gasteiger charge is 2.31. The van der Waals surface area contributed by atoms with Crippen molar-refractivity contribution in [3.63, 3.8) is 0 Å². The van der Waals surface area contributed by atoms with Crippen LogP contribution in [0.5, 0.6) is 0 Å². The van der Waals surface area contributed by atoms with Crippen molar-refractivity contribution in [1.29, 1.82) is 0 Å². The molecule has 0 radical (unpaired) electrons. The first-order valence-corrected chi connectivity index (χ1v) is 5.11. The summed E-state index contributed by atoms with van der Waals surface area (Å²) < 4.78 is 13.9. The van der Waals surface area contributed by atoms with Crippen LogP contribution in [0.2, 0.25) is 0 Å². The SMILES string of the molecule is Fc1c(C2CC2)ncnc1N1CCC1. The third-order valence-electron chi connectivity index (χ3n) is 2.92. The molecule has 3 nitrogen and oxygen atoms in total. The molecule has 74 valence electrons. The van der Waals surface area contributed by atoms with E-state index in [4.69, 9.17) is 0 Å². The number of anilines is 1. The minimum absolute atomic E-state index is 0.185. The molecule has 1 aliphatic heterocycles. The monoisotopic (exact) mass is 193 g/mol. The van der Waals surface area contributed by atoms with E-state index in [0.29, 0.717) is 17.4 Å². The maximum atomic E-state index is 13.9. The van der Waals surface area contributed by atoms with Crippen molar-refractivity contribution in [1.82, 2.24) is 9.97 Å². The standard InChI is InChI=1S/C10H12FN3/c11-8-9(7-2-3-7)12-6-13-10(8)14-4-1-5-14/h6-7H,1-5H2. The normalized spacial score (nSPS) is 20.8. The van der Waals surface area contributed by atoms with Gasteiger partial charge in [0.1, 0.15) is 6.33 Å². The zero-order valence-corrected chi connectivity index (χ0v) is 7.91. The molecule has 1 saturated carbocycles. The van der Waals surface area contributed by atoms with E-state index < -0.39 is 0 Å². The van der Waals surface area contributed by atoms with Gasteiger partial charge in [-0.25, -0.2) is 14.4 Å². The Kier molecular flexibility index (Phi) is 1.69. The van der Waals surface area contributed by atoms with Gasteiger partial charge in [-0.2, -0.15) is 0 Å². The third kappa shape index (κ3) is 1.17. The summed E-state index contributed by atoms with van der Waals surface area (Å²) in [6.07, 6.45) is 4.79. The summed E-state index contributed by atoms with van der Waals surface area (Å²) in [5.74, 6) is 0.681. The van der Waals surface area contributed by atoms with Crippen LogP contribution in [-0.4, -0.2) is 23.1 Å². The predicted octanol–water partition coefficient (Wildman–Crippen LogP) is 1.70. The molecule has 4 heteroatoms. The van der Waals surface area contributed by atoms with Crippen molar-refractivity contribution in [2.75, 3.05) is 18.0 Å². The maximum absolute atomic E-state index is 13.9. The van der Waals surface area contributed by atoms with Crippen molar-refractivity contribution < 1.29 is 4.39 Å². The maximum Gasteiger partial charge on any atom is 0.187 e. The molecule has 3 rings (SSSR count). The summed E-state index contributed by atoms with van der Waals surface area (Å²) in [5, 5.41) is 0. The summed E-state index contributed by atoms with van der Waals surface area (Å²) >= 11 is 0. The lowest BCUT2D eigenvalue weighted by molar-refractivity contribution is 0.547. The molecule has 1 aromatic rings. The zero-order chi connectivity index (χ0) is 9.54. The van der Waals surface area contributed by atoms with E-state index in [0.717, 1.165) is 32.4 Å². The van der Waals surface area contributed by atoms with Crippen LogP contribution in [-0.2, 0) is 0 Å². The van der Waals surface area contributed by atoms with Crippen molar-refractivity contribution >= 4 is 5.82 Å². The van der Waals surface area contributed by atoms with Crippen molar-refractivity contribution in [3.8, 4) is 0 Å². The fraction of sp³-hybridized carbons (Fsp3) is 0.600. The van der Waals surface area contributed by atoms with Crippen molar-refractivity contribution in [2.24, 2.45) is 0 Å². The van der Waals surface area contributed by atoms with Crippen LogP contribution in [0.3, 0.4) is 0 Å². The fourth-order valence-corrected chi connectivity index (χ4v) is 1.76. The predicted molar refractivity (Wildman–Crippen MR) is 50.8 cm³/mol. The largest absolute Gasteiger partial charge is 0.354 e. The fourth-order valence-electron chi connectivity index (χ4n) is 1.76. The molecular formula is C10H12FN3. The summed E-state index contributed by atoms with van der Waals surface area (Å²) in [6.45, 7) is 1.86. The lowest BCUT2D eigenvalue weighted by Gasteiger charge is -2.32. The molecule has 14 heavy (non-hydrogen) atoms. The lowest BCUT2D eigenvalue weighted by atomic mass is 10.2. The highest BCUT2D eigenvalue weighted by molar-refractivity contribution is 5.44. The average molecular weight is 193 g/mol. The first-order valence-electron chi connectivity index (χ1n) is 5.11. The summed E-state index contributed by atoms with van der Waals surface area (Å²) in [4.78, 5) is 10.0. The van der Waals surface area contributed by atoms with Gasteiger partial charge in [-0.1, -0.05) is 0 Å². The first-order chi connectivity index (χ1) is 6.86. The molecule has 1 aliphatic carbocycles. The highest BCUT2D eigenvalue weighted by atomic mass is 19.1. The molecule has 0 bridgehead atoms. The Hall–Kier alpha value is -1.19. The molecule has 0 atom stereocenters. The second-order valence-electron chi connectivity index (χ2n) is 4.01. The Balaban J connectivity index is 1.97. The molecule has 2 aliphatic rings. The van der Waals surface area contributed by atoms with Gasteiger partial charge in [-0.15, -0.1) is 0 Å². The van der Waals surface area contributed by atoms with Crippen LogP contribution in [0.25, 0.3) is 0 Å². The molecule has 2 fully saturated rings. The van der Waals surface area contributed by atoms with Gasteiger partial charge in [0, 0.05) is 19.0 Å². The van der Waals surface area contributed by atoms with Crippen molar-refractivity contribution in [3.05, 3.63) is 17.8 Å². The number of nitrogens with zero attached hydrogens (tertiary/aromatic N) is 3. The lowest BCUT2D eigenvalue weighted by Crippen LogP contribution is -2.38. The van der Waals surface area contributed by atoms with Gasteiger partial charge >= 0.3 is 0 Å². The summed E-state index contributed by atoms with van der Waals surface area (Å²) in [5.41, 5.74) is 0.627. The number of rotatable bonds is 2. The molecule has 2 heterocycles. The molecule has 1 saturated heterocycles. The van der Waals surface area contributed by atoms with Crippen LogP contribution in [0.1, 0.15) is 30.9 Å². The van der Waals surface area contributed by atoms with Gasteiger partial charge in [-0.3, -0.25) is 0 Å². The van der Waals surface area contributed by atoms with Gasteiger partial charge in [0.25, 0.3) is 0 Å². The molecule has 1 aromatic heterocycles. The molecule has 0 amide bonds. The minimum Gasteiger partial charge on any atom is -0.354 e. The Bertz CT molecular complexity index is 358. The first kappa shape index (κ1) is 8.15. The van der Waals surface area contributed by atoms with Crippen LogP contribution in [0.15, 0.2) is 6.33 Å².